The van der Waals surface area contributed by atoms with Crippen LogP contribution in [0, 0.1) is 5.92 Å². The average Bonchev–Trinajstić information content (AvgIpc) is 2.20. The van der Waals surface area contributed by atoms with Gasteiger partial charge in [0.2, 0.25) is 0 Å². The van der Waals surface area contributed by atoms with Crippen LogP contribution in [0.4, 0.5) is 0 Å². The first kappa shape index (κ1) is 15.8. The van der Waals surface area contributed by atoms with Crippen LogP contribution in [0.1, 0.15) is 33.6 Å². The zero-order valence-corrected chi connectivity index (χ0v) is 10.9. The van der Waals surface area contributed by atoms with Crippen molar-refractivity contribution in [1.29, 1.82) is 0 Å². The number of aliphatic hydroxyl groups is 1. The first-order valence-corrected chi connectivity index (χ1v) is 6.20. The first-order chi connectivity index (χ1) is 7.63. The van der Waals surface area contributed by atoms with E-state index < -0.39 is 6.23 Å². The van der Waals surface area contributed by atoms with Crippen molar-refractivity contribution in [3.05, 3.63) is 0 Å². The standard InChI is InChI=1S/C12H27NO3/c1-11(2)5-4-7-15-9-10-16-8-6-13-12(3)14/h11-14H,4-10H2,1-3H3. The van der Waals surface area contributed by atoms with Gasteiger partial charge in [0, 0.05) is 13.2 Å². The smallest absolute Gasteiger partial charge is 0.102 e. The highest BCUT2D eigenvalue weighted by Crippen LogP contribution is 2.02. The topological polar surface area (TPSA) is 50.7 Å². The summed E-state index contributed by atoms with van der Waals surface area (Å²) in [4.78, 5) is 0. The Balaban J connectivity index is 2.93. The zero-order chi connectivity index (χ0) is 12.2. The molecular weight excluding hydrogens is 206 g/mol. The Labute approximate surface area is 99.3 Å². The van der Waals surface area contributed by atoms with Crippen LogP contribution in [0.25, 0.3) is 0 Å². The van der Waals surface area contributed by atoms with Gasteiger partial charge < -0.3 is 14.6 Å². The maximum Gasteiger partial charge on any atom is 0.102 e. The summed E-state index contributed by atoms with van der Waals surface area (Å²) in [6.07, 6.45) is 1.89. The molecule has 1 atom stereocenters. The summed E-state index contributed by atoms with van der Waals surface area (Å²) in [7, 11) is 0. The predicted molar refractivity (Wildman–Crippen MR) is 65.4 cm³/mol. The van der Waals surface area contributed by atoms with Gasteiger partial charge in [0.25, 0.3) is 0 Å². The quantitative estimate of drug-likeness (QED) is 0.418. The number of ether oxygens (including phenoxy) is 2. The van der Waals surface area contributed by atoms with Gasteiger partial charge in [0.05, 0.1) is 19.8 Å². The molecule has 0 amide bonds. The van der Waals surface area contributed by atoms with Crippen LogP contribution >= 0.6 is 0 Å². The minimum absolute atomic E-state index is 0.462. The summed E-state index contributed by atoms with van der Waals surface area (Å²) < 4.78 is 10.7. The molecule has 0 saturated carbocycles. The highest BCUT2D eigenvalue weighted by Gasteiger charge is 1.95. The van der Waals surface area contributed by atoms with Crippen LogP contribution < -0.4 is 5.32 Å². The zero-order valence-electron chi connectivity index (χ0n) is 10.9. The molecule has 4 nitrogen and oxygen atoms in total. The van der Waals surface area contributed by atoms with Crippen molar-refractivity contribution in [2.75, 3.05) is 33.0 Å². The predicted octanol–water partition coefficient (Wildman–Crippen LogP) is 1.38. The molecule has 16 heavy (non-hydrogen) atoms. The van der Waals surface area contributed by atoms with Crippen molar-refractivity contribution < 1.29 is 14.6 Å². The lowest BCUT2D eigenvalue weighted by Gasteiger charge is -2.08. The number of hydrogen-bond acceptors (Lipinski definition) is 4. The minimum atomic E-state index is -0.462. The van der Waals surface area contributed by atoms with Crippen molar-refractivity contribution in [2.45, 2.75) is 39.8 Å². The summed E-state index contributed by atoms with van der Waals surface area (Å²) in [5.41, 5.74) is 0. The fourth-order valence-corrected chi connectivity index (χ4v) is 1.26. The average molecular weight is 233 g/mol. The molecule has 0 spiro atoms. The summed E-state index contributed by atoms with van der Waals surface area (Å²) in [6.45, 7) is 9.53. The number of hydrogen-bond donors (Lipinski definition) is 2. The van der Waals surface area contributed by atoms with E-state index in [0.717, 1.165) is 18.9 Å². The van der Waals surface area contributed by atoms with Gasteiger partial charge in [-0.1, -0.05) is 13.8 Å². The summed E-state index contributed by atoms with van der Waals surface area (Å²) in [6, 6.07) is 0. The molecule has 0 saturated heterocycles. The maximum absolute atomic E-state index is 8.91. The van der Waals surface area contributed by atoms with Gasteiger partial charge >= 0.3 is 0 Å². The van der Waals surface area contributed by atoms with Gasteiger partial charge in [0.1, 0.15) is 6.23 Å². The van der Waals surface area contributed by atoms with Gasteiger partial charge in [-0.3, -0.25) is 5.32 Å². The Morgan fingerprint density at radius 1 is 1.00 bits per heavy atom. The Morgan fingerprint density at radius 3 is 2.19 bits per heavy atom. The lowest BCUT2D eigenvalue weighted by Crippen LogP contribution is -2.29. The summed E-state index contributed by atoms with van der Waals surface area (Å²) in [5.74, 6) is 0.756. The van der Waals surface area contributed by atoms with Gasteiger partial charge in [-0.15, -0.1) is 0 Å². The lowest BCUT2D eigenvalue weighted by molar-refractivity contribution is 0.0421. The van der Waals surface area contributed by atoms with Crippen molar-refractivity contribution >= 4 is 0 Å². The molecule has 0 fully saturated rings. The SMILES string of the molecule is CC(C)CCCOCCOCCNC(C)O. The van der Waals surface area contributed by atoms with Gasteiger partial charge in [-0.2, -0.15) is 0 Å². The third-order valence-corrected chi connectivity index (χ3v) is 2.13. The Kier molecular flexibility index (Phi) is 11.2. The van der Waals surface area contributed by atoms with Crippen LogP contribution in [0.3, 0.4) is 0 Å². The number of rotatable bonds is 11. The molecule has 0 radical (unpaired) electrons. The van der Waals surface area contributed by atoms with E-state index in [1.54, 1.807) is 6.92 Å². The Bertz CT molecular complexity index is 124. The molecule has 0 aliphatic carbocycles. The highest BCUT2D eigenvalue weighted by atomic mass is 16.5. The van der Waals surface area contributed by atoms with Crippen molar-refractivity contribution in [3.63, 3.8) is 0 Å². The van der Waals surface area contributed by atoms with E-state index in [-0.39, 0.29) is 0 Å². The third-order valence-electron chi connectivity index (χ3n) is 2.13. The fourth-order valence-electron chi connectivity index (χ4n) is 1.26. The van der Waals surface area contributed by atoms with Crippen LogP contribution in [0.5, 0.6) is 0 Å². The van der Waals surface area contributed by atoms with Crippen LogP contribution in [-0.4, -0.2) is 44.3 Å². The first-order valence-electron chi connectivity index (χ1n) is 6.20. The van der Waals surface area contributed by atoms with Crippen molar-refractivity contribution in [1.82, 2.24) is 5.32 Å². The highest BCUT2D eigenvalue weighted by molar-refractivity contribution is 4.46. The van der Waals surface area contributed by atoms with Crippen LogP contribution in [0.2, 0.25) is 0 Å². The maximum atomic E-state index is 8.91. The molecule has 0 aromatic rings. The Hall–Kier alpha value is -0.160. The summed E-state index contributed by atoms with van der Waals surface area (Å²) in [5, 5.41) is 11.8. The van der Waals surface area contributed by atoms with Crippen LogP contribution in [0.15, 0.2) is 0 Å². The third kappa shape index (κ3) is 13.8. The molecule has 2 N–H and O–H groups in total. The molecule has 0 aromatic heterocycles. The van der Waals surface area contributed by atoms with E-state index >= 15 is 0 Å². The molecule has 0 heterocycles. The molecule has 0 rings (SSSR count). The monoisotopic (exact) mass is 233 g/mol. The Morgan fingerprint density at radius 2 is 1.62 bits per heavy atom. The van der Waals surface area contributed by atoms with E-state index in [2.05, 4.69) is 19.2 Å². The normalized spacial score (nSPS) is 13.3. The van der Waals surface area contributed by atoms with E-state index in [1.165, 1.54) is 6.42 Å². The van der Waals surface area contributed by atoms with Gasteiger partial charge in [-0.25, -0.2) is 0 Å². The number of aliphatic hydroxyl groups excluding tert-OH is 1. The fraction of sp³-hybridized carbons (Fsp3) is 1.00. The molecule has 0 bridgehead atoms. The van der Waals surface area contributed by atoms with E-state index in [9.17, 15) is 0 Å². The molecule has 0 aliphatic heterocycles. The minimum Gasteiger partial charge on any atom is -0.379 e. The lowest BCUT2D eigenvalue weighted by atomic mass is 10.1. The summed E-state index contributed by atoms with van der Waals surface area (Å²) >= 11 is 0. The van der Waals surface area contributed by atoms with Crippen molar-refractivity contribution in [2.24, 2.45) is 5.92 Å². The molecule has 4 heteroatoms. The second kappa shape index (κ2) is 11.3. The van der Waals surface area contributed by atoms with E-state index in [1.807, 2.05) is 0 Å². The molecule has 0 aromatic carbocycles. The molecular formula is C12H27NO3. The van der Waals surface area contributed by atoms with Gasteiger partial charge in [-0.05, 0) is 25.7 Å². The second-order valence-electron chi connectivity index (χ2n) is 4.39. The molecule has 1 unspecified atom stereocenters. The van der Waals surface area contributed by atoms with Crippen LogP contribution in [-0.2, 0) is 9.47 Å². The van der Waals surface area contributed by atoms with Gasteiger partial charge in [0.15, 0.2) is 0 Å². The number of nitrogens with one attached hydrogen (secondary N) is 1. The molecule has 0 aliphatic rings. The van der Waals surface area contributed by atoms with E-state index in [4.69, 9.17) is 14.6 Å². The molecule has 98 valence electrons. The van der Waals surface area contributed by atoms with Crippen molar-refractivity contribution in [3.8, 4) is 0 Å². The second-order valence-corrected chi connectivity index (χ2v) is 4.39. The largest absolute Gasteiger partial charge is 0.379 e. The van der Waals surface area contributed by atoms with E-state index in [0.29, 0.717) is 26.4 Å².